The topological polar surface area (TPSA) is 38.0 Å². The molecule has 0 saturated carbocycles. The van der Waals surface area contributed by atoms with Crippen molar-refractivity contribution >= 4 is 0 Å². The maximum atomic E-state index is 10.1. The number of hydrogen-bond donors (Lipinski definition) is 1. The van der Waals surface area contributed by atoms with Crippen molar-refractivity contribution in [3.05, 3.63) is 11.3 Å². The molecular weight excluding hydrogens is 200 g/mol. The van der Waals surface area contributed by atoms with Gasteiger partial charge in [0.05, 0.1) is 5.69 Å². The molecule has 0 spiro atoms. The largest absolute Gasteiger partial charge is 0.493 e. The summed E-state index contributed by atoms with van der Waals surface area (Å²) in [5.74, 6) is 0.897. The van der Waals surface area contributed by atoms with Crippen LogP contribution in [-0.4, -0.2) is 14.9 Å². The molecule has 0 radical (unpaired) electrons. The maximum Gasteiger partial charge on any atom is 0.212 e. The molecule has 3 heteroatoms. The molecule has 1 aromatic rings. The molecule has 0 atom stereocenters. The standard InChI is InChI=1S/C13H24N2O/c1-5-7-8-11-12(6-2)14-15(13(11)16)9-10(3)4/h10,16H,5-9H2,1-4H3. The normalized spacial score (nSPS) is 11.3. The highest BCUT2D eigenvalue weighted by Gasteiger charge is 2.15. The fourth-order valence-corrected chi connectivity index (χ4v) is 1.91. The number of aryl methyl sites for hydroxylation is 1. The van der Waals surface area contributed by atoms with Crippen LogP contribution in [0.2, 0.25) is 0 Å². The van der Waals surface area contributed by atoms with Crippen LogP contribution in [0.4, 0.5) is 0 Å². The zero-order valence-electron chi connectivity index (χ0n) is 11.0. The van der Waals surface area contributed by atoms with Crippen molar-refractivity contribution in [2.75, 3.05) is 0 Å². The number of unbranched alkanes of at least 4 members (excludes halogenated alkanes) is 1. The number of aromatic nitrogens is 2. The Balaban J connectivity index is 2.91. The van der Waals surface area contributed by atoms with Crippen molar-refractivity contribution in [3.8, 4) is 5.88 Å². The van der Waals surface area contributed by atoms with Gasteiger partial charge in [-0.3, -0.25) is 0 Å². The molecule has 92 valence electrons. The van der Waals surface area contributed by atoms with E-state index in [9.17, 15) is 5.11 Å². The zero-order valence-corrected chi connectivity index (χ0v) is 11.0. The highest BCUT2D eigenvalue weighted by molar-refractivity contribution is 5.31. The van der Waals surface area contributed by atoms with Crippen LogP contribution in [0.5, 0.6) is 5.88 Å². The Hall–Kier alpha value is -0.990. The van der Waals surface area contributed by atoms with E-state index in [1.165, 1.54) is 0 Å². The highest BCUT2D eigenvalue weighted by atomic mass is 16.3. The Bertz CT molecular complexity index is 329. The number of nitrogens with zero attached hydrogens (tertiary/aromatic N) is 2. The second-order valence-corrected chi connectivity index (χ2v) is 4.78. The molecule has 0 aliphatic heterocycles. The molecule has 0 saturated heterocycles. The lowest BCUT2D eigenvalue weighted by molar-refractivity contribution is 0.368. The van der Waals surface area contributed by atoms with E-state index in [1.807, 2.05) is 0 Å². The number of hydrogen-bond acceptors (Lipinski definition) is 2. The van der Waals surface area contributed by atoms with Crippen LogP contribution < -0.4 is 0 Å². The van der Waals surface area contributed by atoms with E-state index in [-0.39, 0.29) is 0 Å². The summed E-state index contributed by atoms with van der Waals surface area (Å²) >= 11 is 0. The average molecular weight is 224 g/mol. The van der Waals surface area contributed by atoms with Gasteiger partial charge in [0.2, 0.25) is 5.88 Å². The number of rotatable bonds is 6. The van der Waals surface area contributed by atoms with Gasteiger partial charge in [-0.2, -0.15) is 5.10 Å². The molecule has 3 nitrogen and oxygen atoms in total. The summed E-state index contributed by atoms with van der Waals surface area (Å²) in [5, 5.41) is 14.6. The maximum absolute atomic E-state index is 10.1. The summed E-state index contributed by atoms with van der Waals surface area (Å²) in [6.07, 6.45) is 4.12. The predicted molar refractivity (Wildman–Crippen MR) is 66.7 cm³/mol. The van der Waals surface area contributed by atoms with Crippen molar-refractivity contribution in [3.63, 3.8) is 0 Å². The molecule has 0 bridgehead atoms. The molecule has 1 heterocycles. The van der Waals surface area contributed by atoms with Gasteiger partial charge in [-0.05, 0) is 25.2 Å². The van der Waals surface area contributed by atoms with E-state index < -0.39 is 0 Å². The second kappa shape index (κ2) is 5.92. The fourth-order valence-electron chi connectivity index (χ4n) is 1.91. The van der Waals surface area contributed by atoms with Crippen molar-refractivity contribution in [2.45, 2.75) is 59.9 Å². The zero-order chi connectivity index (χ0) is 12.1. The predicted octanol–water partition coefficient (Wildman–Crippen LogP) is 3.15. The van der Waals surface area contributed by atoms with Crippen molar-refractivity contribution in [2.24, 2.45) is 5.92 Å². The lowest BCUT2D eigenvalue weighted by Gasteiger charge is -2.06. The van der Waals surface area contributed by atoms with Gasteiger partial charge >= 0.3 is 0 Å². The molecule has 16 heavy (non-hydrogen) atoms. The SMILES string of the molecule is CCCCc1c(CC)nn(CC(C)C)c1O. The van der Waals surface area contributed by atoms with Gasteiger partial charge in [-0.15, -0.1) is 0 Å². The third kappa shape index (κ3) is 3.00. The summed E-state index contributed by atoms with van der Waals surface area (Å²) in [7, 11) is 0. The minimum absolute atomic E-state index is 0.388. The van der Waals surface area contributed by atoms with Crippen LogP contribution in [0, 0.1) is 5.92 Å². The molecule has 0 amide bonds. The molecule has 1 N–H and O–H groups in total. The molecule has 0 unspecified atom stereocenters. The quantitative estimate of drug-likeness (QED) is 0.806. The van der Waals surface area contributed by atoms with Crippen molar-refractivity contribution in [1.29, 1.82) is 0 Å². The first-order valence-electron chi connectivity index (χ1n) is 6.37. The van der Waals surface area contributed by atoms with Gasteiger partial charge in [-0.25, -0.2) is 4.68 Å². The highest BCUT2D eigenvalue weighted by Crippen LogP contribution is 2.24. The Labute approximate surface area is 98.5 Å². The van der Waals surface area contributed by atoms with Gasteiger partial charge in [0, 0.05) is 12.1 Å². The molecule has 1 rings (SSSR count). The van der Waals surface area contributed by atoms with Crippen molar-refractivity contribution < 1.29 is 5.11 Å². The van der Waals surface area contributed by atoms with Gasteiger partial charge in [0.25, 0.3) is 0 Å². The van der Waals surface area contributed by atoms with Crippen LogP contribution in [0.3, 0.4) is 0 Å². The monoisotopic (exact) mass is 224 g/mol. The first-order valence-corrected chi connectivity index (χ1v) is 6.37. The van der Waals surface area contributed by atoms with Crippen molar-refractivity contribution in [1.82, 2.24) is 9.78 Å². The summed E-state index contributed by atoms with van der Waals surface area (Å²) in [6.45, 7) is 9.33. The van der Waals surface area contributed by atoms with Crippen LogP contribution in [0.25, 0.3) is 0 Å². The van der Waals surface area contributed by atoms with E-state index in [2.05, 4.69) is 32.8 Å². The minimum atomic E-state index is 0.388. The Morgan fingerprint density at radius 2 is 2.00 bits per heavy atom. The Morgan fingerprint density at radius 1 is 1.31 bits per heavy atom. The lowest BCUT2D eigenvalue weighted by atomic mass is 10.1. The van der Waals surface area contributed by atoms with Crippen LogP contribution in [0.15, 0.2) is 0 Å². The summed E-state index contributed by atoms with van der Waals surface area (Å²) in [4.78, 5) is 0. The van der Waals surface area contributed by atoms with E-state index in [0.717, 1.165) is 43.5 Å². The summed E-state index contributed by atoms with van der Waals surface area (Å²) in [6, 6.07) is 0. The summed E-state index contributed by atoms with van der Waals surface area (Å²) < 4.78 is 1.76. The van der Waals surface area contributed by atoms with Gasteiger partial charge in [-0.1, -0.05) is 34.1 Å². The third-order valence-corrected chi connectivity index (χ3v) is 2.76. The van der Waals surface area contributed by atoms with Crippen LogP contribution in [0.1, 0.15) is 51.8 Å². The molecule has 0 aliphatic carbocycles. The first-order chi connectivity index (χ1) is 7.60. The van der Waals surface area contributed by atoms with E-state index in [4.69, 9.17) is 0 Å². The fraction of sp³-hybridized carbons (Fsp3) is 0.769. The molecule has 1 aromatic heterocycles. The molecular formula is C13H24N2O. The Kier molecular flexibility index (Phi) is 4.84. The van der Waals surface area contributed by atoms with Gasteiger partial charge in [0.15, 0.2) is 0 Å². The van der Waals surface area contributed by atoms with E-state index in [0.29, 0.717) is 11.8 Å². The van der Waals surface area contributed by atoms with Gasteiger partial charge in [0.1, 0.15) is 0 Å². The molecule has 0 aromatic carbocycles. The molecule has 0 aliphatic rings. The van der Waals surface area contributed by atoms with Gasteiger partial charge < -0.3 is 5.11 Å². The minimum Gasteiger partial charge on any atom is -0.493 e. The number of aromatic hydroxyl groups is 1. The summed E-state index contributed by atoms with van der Waals surface area (Å²) in [5.41, 5.74) is 2.12. The molecule has 0 fully saturated rings. The third-order valence-electron chi connectivity index (χ3n) is 2.76. The van der Waals surface area contributed by atoms with E-state index >= 15 is 0 Å². The first kappa shape index (κ1) is 13.1. The van der Waals surface area contributed by atoms with E-state index in [1.54, 1.807) is 4.68 Å². The average Bonchev–Trinajstić information content (AvgIpc) is 2.52. The second-order valence-electron chi connectivity index (χ2n) is 4.78. The van der Waals surface area contributed by atoms with Crippen LogP contribution in [-0.2, 0) is 19.4 Å². The lowest BCUT2D eigenvalue weighted by Crippen LogP contribution is -2.05. The Morgan fingerprint density at radius 3 is 2.50 bits per heavy atom. The van der Waals surface area contributed by atoms with Crippen LogP contribution >= 0.6 is 0 Å². The smallest absolute Gasteiger partial charge is 0.212 e.